The number of alkyl halides is 3. The van der Waals surface area contributed by atoms with Crippen molar-refractivity contribution < 1.29 is 13.2 Å². The Balaban J connectivity index is 2.44. The van der Waals surface area contributed by atoms with Crippen molar-refractivity contribution in [2.24, 2.45) is 5.92 Å². The second kappa shape index (κ2) is 7.48. The van der Waals surface area contributed by atoms with E-state index >= 15 is 0 Å². The molecule has 0 spiro atoms. The van der Waals surface area contributed by atoms with Gasteiger partial charge in [-0.15, -0.1) is 0 Å². The highest BCUT2D eigenvalue weighted by Gasteiger charge is 2.29. The molecule has 1 N–H and O–H groups in total. The minimum Gasteiger partial charge on any atom is -0.307 e. The Hall–Kier alpha value is -0.290. The molecule has 1 atom stereocenters. The molecule has 0 aromatic carbocycles. The third-order valence-electron chi connectivity index (χ3n) is 3.70. The Morgan fingerprint density at radius 2 is 1.74 bits per heavy atom. The molecule has 0 saturated heterocycles. The molecule has 1 saturated carbocycles. The van der Waals surface area contributed by atoms with Crippen LogP contribution in [0.2, 0.25) is 0 Å². The molecule has 1 rings (SSSR count). The van der Waals surface area contributed by atoms with Gasteiger partial charge in [0, 0.05) is 25.2 Å². The minimum atomic E-state index is -4.12. The van der Waals surface area contributed by atoms with E-state index in [-0.39, 0.29) is 6.04 Å². The molecule has 19 heavy (non-hydrogen) atoms. The van der Waals surface area contributed by atoms with Gasteiger partial charge in [-0.25, -0.2) is 0 Å². The molecule has 0 aromatic rings. The molecule has 1 aliphatic carbocycles. The molecular formula is C14H27F3N2. The molecule has 0 aromatic heterocycles. The SMILES string of the molecule is CC(C)CN(C(C)CNCC(F)(F)F)C1CCCC1. The molecule has 0 heterocycles. The summed E-state index contributed by atoms with van der Waals surface area (Å²) in [6.07, 6.45) is 0.770. The van der Waals surface area contributed by atoms with E-state index in [2.05, 4.69) is 24.1 Å². The Bertz CT molecular complexity index is 248. The smallest absolute Gasteiger partial charge is 0.307 e. The maximum Gasteiger partial charge on any atom is 0.401 e. The zero-order valence-electron chi connectivity index (χ0n) is 12.3. The summed E-state index contributed by atoms with van der Waals surface area (Å²) < 4.78 is 36.4. The fourth-order valence-corrected chi connectivity index (χ4v) is 2.89. The maximum atomic E-state index is 12.1. The number of rotatable bonds is 7. The molecule has 0 radical (unpaired) electrons. The summed E-state index contributed by atoms with van der Waals surface area (Å²) in [5.41, 5.74) is 0. The van der Waals surface area contributed by atoms with E-state index in [1.807, 2.05) is 6.92 Å². The van der Waals surface area contributed by atoms with E-state index in [1.54, 1.807) is 0 Å². The van der Waals surface area contributed by atoms with Crippen molar-refractivity contribution in [2.75, 3.05) is 19.6 Å². The normalized spacial score (nSPS) is 19.6. The largest absolute Gasteiger partial charge is 0.401 e. The van der Waals surface area contributed by atoms with Crippen LogP contribution in [0.5, 0.6) is 0 Å². The Morgan fingerprint density at radius 1 is 1.16 bits per heavy atom. The van der Waals surface area contributed by atoms with Gasteiger partial charge in [-0.1, -0.05) is 26.7 Å². The topological polar surface area (TPSA) is 15.3 Å². The van der Waals surface area contributed by atoms with Gasteiger partial charge in [0.05, 0.1) is 6.54 Å². The van der Waals surface area contributed by atoms with Crippen LogP contribution in [0, 0.1) is 5.92 Å². The molecule has 1 fully saturated rings. The molecule has 0 aliphatic heterocycles. The van der Waals surface area contributed by atoms with Crippen LogP contribution >= 0.6 is 0 Å². The van der Waals surface area contributed by atoms with Crippen molar-refractivity contribution in [2.45, 2.75) is 64.7 Å². The van der Waals surface area contributed by atoms with Crippen LogP contribution in [-0.2, 0) is 0 Å². The third-order valence-corrected chi connectivity index (χ3v) is 3.70. The summed E-state index contributed by atoms with van der Waals surface area (Å²) in [6, 6.07) is 0.720. The van der Waals surface area contributed by atoms with E-state index in [1.165, 1.54) is 25.7 Å². The number of hydrogen-bond acceptors (Lipinski definition) is 2. The van der Waals surface area contributed by atoms with Crippen LogP contribution in [0.15, 0.2) is 0 Å². The average molecular weight is 280 g/mol. The lowest BCUT2D eigenvalue weighted by atomic mass is 10.1. The van der Waals surface area contributed by atoms with Gasteiger partial charge in [0.15, 0.2) is 0 Å². The first kappa shape index (κ1) is 16.8. The quantitative estimate of drug-likeness (QED) is 0.768. The Morgan fingerprint density at radius 3 is 2.21 bits per heavy atom. The summed E-state index contributed by atoms with van der Waals surface area (Å²) >= 11 is 0. The van der Waals surface area contributed by atoms with E-state index in [0.717, 1.165) is 6.54 Å². The first-order valence-corrected chi connectivity index (χ1v) is 7.33. The van der Waals surface area contributed by atoms with Gasteiger partial charge in [-0.3, -0.25) is 4.90 Å². The molecule has 2 nitrogen and oxygen atoms in total. The van der Waals surface area contributed by atoms with Crippen LogP contribution in [0.3, 0.4) is 0 Å². The van der Waals surface area contributed by atoms with E-state index in [4.69, 9.17) is 0 Å². The zero-order valence-corrected chi connectivity index (χ0v) is 12.3. The highest BCUT2D eigenvalue weighted by Crippen LogP contribution is 2.25. The number of halogens is 3. The van der Waals surface area contributed by atoms with Crippen molar-refractivity contribution in [3.05, 3.63) is 0 Å². The van der Waals surface area contributed by atoms with Crippen LogP contribution in [0.4, 0.5) is 13.2 Å². The predicted molar refractivity (Wildman–Crippen MR) is 72.2 cm³/mol. The average Bonchev–Trinajstić information content (AvgIpc) is 2.76. The molecular weight excluding hydrogens is 253 g/mol. The van der Waals surface area contributed by atoms with Crippen LogP contribution < -0.4 is 5.32 Å². The van der Waals surface area contributed by atoms with Crippen LogP contribution in [0.25, 0.3) is 0 Å². The Labute approximate surface area is 114 Å². The monoisotopic (exact) mass is 280 g/mol. The molecule has 1 aliphatic rings. The number of nitrogens with one attached hydrogen (secondary N) is 1. The first-order valence-electron chi connectivity index (χ1n) is 7.33. The van der Waals surface area contributed by atoms with Gasteiger partial charge >= 0.3 is 6.18 Å². The predicted octanol–water partition coefficient (Wildman–Crippen LogP) is 3.43. The van der Waals surface area contributed by atoms with Gasteiger partial charge < -0.3 is 5.32 Å². The van der Waals surface area contributed by atoms with E-state index in [0.29, 0.717) is 18.5 Å². The van der Waals surface area contributed by atoms with Crippen molar-refractivity contribution >= 4 is 0 Å². The zero-order chi connectivity index (χ0) is 14.5. The molecule has 114 valence electrons. The molecule has 5 heteroatoms. The highest BCUT2D eigenvalue weighted by molar-refractivity contribution is 4.83. The maximum absolute atomic E-state index is 12.1. The second-order valence-corrected chi connectivity index (χ2v) is 6.12. The Kier molecular flexibility index (Phi) is 6.60. The van der Waals surface area contributed by atoms with Gasteiger partial charge in [-0.2, -0.15) is 13.2 Å². The van der Waals surface area contributed by atoms with E-state index in [9.17, 15) is 13.2 Å². The highest BCUT2D eigenvalue weighted by atomic mass is 19.4. The van der Waals surface area contributed by atoms with Crippen molar-refractivity contribution in [1.82, 2.24) is 10.2 Å². The lowest BCUT2D eigenvalue weighted by Crippen LogP contribution is -2.48. The third kappa shape index (κ3) is 6.61. The fourth-order valence-electron chi connectivity index (χ4n) is 2.89. The van der Waals surface area contributed by atoms with Crippen molar-refractivity contribution in [1.29, 1.82) is 0 Å². The van der Waals surface area contributed by atoms with Gasteiger partial charge in [0.25, 0.3) is 0 Å². The molecule has 1 unspecified atom stereocenters. The van der Waals surface area contributed by atoms with Crippen molar-refractivity contribution in [3.63, 3.8) is 0 Å². The molecule has 0 amide bonds. The summed E-state index contributed by atoms with van der Waals surface area (Å²) in [4.78, 5) is 2.40. The van der Waals surface area contributed by atoms with Gasteiger partial charge in [0.2, 0.25) is 0 Å². The summed E-state index contributed by atoms with van der Waals surface area (Å²) in [7, 11) is 0. The van der Waals surface area contributed by atoms with Crippen LogP contribution in [0.1, 0.15) is 46.5 Å². The summed E-state index contributed by atoms with van der Waals surface area (Å²) in [5, 5.41) is 2.54. The second-order valence-electron chi connectivity index (χ2n) is 6.12. The summed E-state index contributed by atoms with van der Waals surface area (Å²) in [5.74, 6) is 0.547. The molecule has 0 bridgehead atoms. The standard InChI is InChI=1S/C14H27F3N2/c1-11(2)9-19(13-6-4-5-7-13)12(3)8-18-10-14(15,16)17/h11-13,18H,4-10H2,1-3H3. The van der Waals surface area contributed by atoms with Crippen molar-refractivity contribution in [3.8, 4) is 0 Å². The number of hydrogen-bond donors (Lipinski definition) is 1. The lowest BCUT2D eigenvalue weighted by Gasteiger charge is -2.36. The van der Waals surface area contributed by atoms with Crippen LogP contribution in [-0.4, -0.2) is 42.8 Å². The lowest BCUT2D eigenvalue weighted by molar-refractivity contribution is -0.125. The number of nitrogens with zero attached hydrogens (tertiary/aromatic N) is 1. The van der Waals surface area contributed by atoms with Gasteiger partial charge in [0.1, 0.15) is 0 Å². The minimum absolute atomic E-state index is 0.160. The van der Waals surface area contributed by atoms with E-state index < -0.39 is 12.7 Å². The first-order chi connectivity index (χ1) is 8.79. The fraction of sp³-hybridized carbons (Fsp3) is 1.00. The summed E-state index contributed by atoms with van der Waals surface area (Å²) in [6.45, 7) is 6.85. The van der Waals surface area contributed by atoms with Gasteiger partial charge in [-0.05, 0) is 25.7 Å².